The lowest BCUT2D eigenvalue weighted by atomic mass is 10.0. The van der Waals surface area contributed by atoms with E-state index in [0.29, 0.717) is 0 Å². The molecule has 0 aliphatic carbocycles. The van der Waals surface area contributed by atoms with Crippen LogP contribution in [-0.4, -0.2) is 19.0 Å². The molecule has 1 amide bonds. The molecule has 0 spiro atoms. The Labute approximate surface area is 134 Å². The molecule has 2 atom stereocenters. The number of likely N-dealkylation sites (N-methyl/N-ethyl adjacent to an activating group) is 1. The predicted octanol–water partition coefficient (Wildman–Crippen LogP) is 1.56. The van der Waals surface area contributed by atoms with Crippen LogP contribution in [0, 0.1) is 0 Å². The summed E-state index contributed by atoms with van der Waals surface area (Å²) in [5.74, 6) is 0.0695. The molecule has 1 unspecified atom stereocenters. The summed E-state index contributed by atoms with van der Waals surface area (Å²) in [7, 11) is 0. The van der Waals surface area contributed by atoms with Crippen LogP contribution in [0.25, 0.3) is 0 Å². The quantitative estimate of drug-likeness (QED) is 0.788. The van der Waals surface area contributed by atoms with E-state index in [4.69, 9.17) is 0 Å². The molecular formula is C17H20N3OS+. The standard InChI is InChI=1S/C17H19N3OS/c1-2-20-9-8-12-13(10-20)22-17-14(12)16(21)18-15(19-17)11-6-4-3-5-7-11/h3-7,15,19H,2,8-10H2,1H3,(H,18,21)/p+1/t15-/m1/s1. The van der Waals surface area contributed by atoms with Gasteiger partial charge in [-0.25, -0.2) is 0 Å². The van der Waals surface area contributed by atoms with Gasteiger partial charge in [0.1, 0.15) is 17.7 Å². The molecule has 1 aromatic heterocycles. The molecule has 0 saturated heterocycles. The molecule has 4 rings (SSSR count). The first kappa shape index (κ1) is 13.8. The summed E-state index contributed by atoms with van der Waals surface area (Å²) >= 11 is 1.77. The Morgan fingerprint density at radius 3 is 2.86 bits per heavy atom. The lowest BCUT2D eigenvalue weighted by Crippen LogP contribution is -3.11. The van der Waals surface area contributed by atoms with Crippen LogP contribution in [0.2, 0.25) is 0 Å². The number of thiophene rings is 1. The van der Waals surface area contributed by atoms with Gasteiger partial charge in [-0.1, -0.05) is 30.3 Å². The fraction of sp³-hybridized carbons (Fsp3) is 0.353. The molecule has 0 bridgehead atoms. The number of anilines is 1. The Hall–Kier alpha value is -1.85. The second kappa shape index (κ2) is 5.41. The van der Waals surface area contributed by atoms with E-state index in [2.05, 4.69) is 17.6 Å². The third kappa shape index (κ3) is 2.21. The van der Waals surface area contributed by atoms with Crippen LogP contribution in [0.5, 0.6) is 0 Å². The van der Waals surface area contributed by atoms with Crippen molar-refractivity contribution in [2.75, 3.05) is 18.4 Å². The maximum absolute atomic E-state index is 12.6. The molecule has 1 aromatic carbocycles. The monoisotopic (exact) mass is 314 g/mol. The Balaban J connectivity index is 1.68. The summed E-state index contributed by atoms with van der Waals surface area (Å²) in [6.45, 7) is 5.55. The molecule has 114 valence electrons. The molecule has 5 heteroatoms. The Morgan fingerprint density at radius 2 is 2.09 bits per heavy atom. The molecule has 3 N–H and O–H groups in total. The molecular weight excluding hydrogens is 294 g/mol. The van der Waals surface area contributed by atoms with Gasteiger partial charge in [0, 0.05) is 6.42 Å². The predicted molar refractivity (Wildman–Crippen MR) is 88.4 cm³/mol. The summed E-state index contributed by atoms with van der Waals surface area (Å²) in [5.41, 5.74) is 3.25. The number of carbonyl (C=O) groups excluding carboxylic acids is 1. The molecule has 2 aromatic rings. The normalized spacial score (nSPS) is 23.2. The first-order valence-electron chi connectivity index (χ1n) is 7.86. The van der Waals surface area contributed by atoms with Crippen molar-refractivity contribution < 1.29 is 9.69 Å². The van der Waals surface area contributed by atoms with E-state index in [9.17, 15) is 4.79 Å². The van der Waals surface area contributed by atoms with Crippen molar-refractivity contribution in [2.45, 2.75) is 26.1 Å². The van der Waals surface area contributed by atoms with Gasteiger partial charge < -0.3 is 15.5 Å². The highest BCUT2D eigenvalue weighted by molar-refractivity contribution is 7.16. The summed E-state index contributed by atoms with van der Waals surface area (Å²) < 4.78 is 0. The Bertz CT molecular complexity index is 710. The van der Waals surface area contributed by atoms with E-state index >= 15 is 0 Å². The average molecular weight is 314 g/mol. The first-order valence-corrected chi connectivity index (χ1v) is 8.68. The number of hydrogen-bond donors (Lipinski definition) is 3. The van der Waals surface area contributed by atoms with Gasteiger partial charge in [-0.05, 0) is 18.1 Å². The van der Waals surface area contributed by atoms with Crippen molar-refractivity contribution in [1.29, 1.82) is 0 Å². The lowest BCUT2D eigenvalue weighted by molar-refractivity contribution is -0.913. The number of amides is 1. The van der Waals surface area contributed by atoms with Crippen molar-refractivity contribution >= 4 is 22.2 Å². The van der Waals surface area contributed by atoms with Gasteiger partial charge in [-0.3, -0.25) is 4.79 Å². The van der Waals surface area contributed by atoms with Crippen LogP contribution in [0.15, 0.2) is 30.3 Å². The van der Waals surface area contributed by atoms with E-state index in [-0.39, 0.29) is 12.1 Å². The highest BCUT2D eigenvalue weighted by atomic mass is 32.1. The van der Waals surface area contributed by atoms with E-state index in [1.807, 2.05) is 30.3 Å². The van der Waals surface area contributed by atoms with Crippen LogP contribution < -0.4 is 15.5 Å². The zero-order valence-electron chi connectivity index (χ0n) is 12.6. The first-order chi connectivity index (χ1) is 10.8. The van der Waals surface area contributed by atoms with Crippen molar-refractivity contribution in [3.8, 4) is 0 Å². The van der Waals surface area contributed by atoms with E-state index in [1.165, 1.54) is 10.4 Å². The van der Waals surface area contributed by atoms with Crippen molar-refractivity contribution in [2.24, 2.45) is 0 Å². The molecule has 2 aliphatic heterocycles. The van der Waals surface area contributed by atoms with Crippen LogP contribution in [-0.2, 0) is 13.0 Å². The maximum atomic E-state index is 12.6. The van der Waals surface area contributed by atoms with Crippen LogP contribution in [0.3, 0.4) is 0 Å². The van der Waals surface area contributed by atoms with Gasteiger partial charge in [0.25, 0.3) is 5.91 Å². The molecule has 0 saturated carbocycles. The second-order valence-electron chi connectivity index (χ2n) is 5.95. The minimum Gasteiger partial charge on any atom is -0.353 e. The number of carbonyl (C=O) groups is 1. The number of rotatable bonds is 2. The molecule has 2 aliphatic rings. The van der Waals surface area contributed by atoms with Crippen LogP contribution in [0.1, 0.15) is 39.5 Å². The minimum atomic E-state index is -0.129. The van der Waals surface area contributed by atoms with Gasteiger partial charge in [-0.15, -0.1) is 11.3 Å². The zero-order chi connectivity index (χ0) is 15.1. The van der Waals surface area contributed by atoms with Gasteiger partial charge >= 0.3 is 0 Å². The van der Waals surface area contributed by atoms with Gasteiger partial charge in [-0.2, -0.15) is 0 Å². The second-order valence-corrected chi connectivity index (χ2v) is 7.05. The Kier molecular flexibility index (Phi) is 3.39. The number of quaternary nitrogens is 1. The lowest BCUT2D eigenvalue weighted by Gasteiger charge is -2.27. The molecule has 4 nitrogen and oxygen atoms in total. The van der Waals surface area contributed by atoms with E-state index < -0.39 is 0 Å². The van der Waals surface area contributed by atoms with E-state index in [0.717, 1.165) is 42.2 Å². The summed E-state index contributed by atoms with van der Waals surface area (Å²) in [6.07, 6.45) is 0.881. The van der Waals surface area contributed by atoms with Crippen molar-refractivity contribution in [1.82, 2.24) is 5.32 Å². The smallest absolute Gasteiger partial charge is 0.256 e. The van der Waals surface area contributed by atoms with Crippen LogP contribution >= 0.6 is 11.3 Å². The fourth-order valence-electron chi connectivity index (χ4n) is 3.36. The number of hydrogen-bond acceptors (Lipinski definition) is 3. The third-order valence-corrected chi connectivity index (χ3v) is 5.80. The van der Waals surface area contributed by atoms with Gasteiger partial charge in [0.05, 0.1) is 23.5 Å². The topological polar surface area (TPSA) is 45.6 Å². The molecule has 0 fully saturated rings. The maximum Gasteiger partial charge on any atom is 0.256 e. The van der Waals surface area contributed by atoms with E-state index in [1.54, 1.807) is 16.2 Å². The average Bonchev–Trinajstić information content (AvgIpc) is 2.93. The van der Waals surface area contributed by atoms with Gasteiger partial charge in [0.2, 0.25) is 0 Å². The van der Waals surface area contributed by atoms with Crippen molar-refractivity contribution in [3.63, 3.8) is 0 Å². The Morgan fingerprint density at radius 1 is 1.27 bits per heavy atom. The molecule has 22 heavy (non-hydrogen) atoms. The largest absolute Gasteiger partial charge is 0.353 e. The highest BCUT2D eigenvalue weighted by Gasteiger charge is 2.34. The van der Waals surface area contributed by atoms with Crippen molar-refractivity contribution in [3.05, 3.63) is 51.9 Å². The van der Waals surface area contributed by atoms with Gasteiger partial charge in [0.15, 0.2) is 0 Å². The highest BCUT2D eigenvalue weighted by Crippen LogP contribution is 2.38. The molecule has 0 radical (unpaired) electrons. The number of fused-ring (bicyclic) bond motifs is 3. The van der Waals surface area contributed by atoms with Crippen LogP contribution in [0.4, 0.5) is 5.00 Å². The SMILES string of the molecule is CC[NH+]1CCc2c(sc3c2C(=O)N[C@@H](c2ccccc2)N3)C1. The molecule has 3 heterocycles. The number of benzene rings is 1. The zero-order valence-corrected chi connectivity index (χ0v) is 13.4. The fourth-order valence-corrected chi connectivity index (χ4v) is 4.71. The minimum absolute atomic E-state index is 0.0695. The number of nitrogens with one attached hydrogen (secondary N) is 3. The summed E-state index contributed by atoms with van der Waals surface area (Å²) in [5, 5.41) is 7.65. The summed E-state index contributed by atoms with van der Waals surface area (Å²) in [4.78, 5) is 15.6. The third-order valence-electron chi connectivity index (χ3n) is 4.64. The summed E-state index contributed by atoms with van der Waals surface area (Å²) in [6, 6.07) is 10.1.